The molecule has 0 fully saturated rings. The van der Waals surface area contributed by atoms with Crippen LogP contribution < -0.4 is 16.2 Å². The second kappa shape index (κ2) is 12.7. The number of carbonyl (C=O) groups excluding carboxylic acids is 2. The van der Waals surface area contributed by atoms with E-state index in [1.165, 1.54) is 16.9 Å². The number of H-pyrrole nitrogens is 1. The van der Waals surface area contributed by atoms with Gasteiger partial charge in [-0.15, -0.1) is 0 Å². The molecule has 226 valence electrons. The van der Waals surface area contributed by atoms with Crippen molar-refractivity contribution in [2.24, 2.45) is 7.05 Å². The highest BCUT2D eigenvalue weighted by Gasteiger charge is 2.25. The van der Waals surface area contributed by atoms with Gasteiger partial charge in [0.1, 0.15) is 11.7 Å². The summed E-state index contributed by atoms with van der Waals surface area (Å²) in [5.74, 6) is -0.846. The van der Waals surface area contributed by atoms with Gasteiger partial charge in [-0.05, 0) is 86.3 Å². The van der Waals surface area contributed by atoms with Gasteiger partial charge in [0, 0.05) is 59.9 Å². The second-order valence-electron chi connectivity index (χ2n) is 11.0. The molecule has 0 spiro atoms. The maximum atomic E-state index is 13.7. The Morgan fingerprint density at radius 3 is 2.32 bits per heavy atom. The molecule has 2 amide bonds. The Kier molecular flexibility index (Phi) is 8.82. The van der Waals surface area contributed by atoms with Crippen molar-refractivity contribution in [1.82, 2.24) is 29.9 Å². The summed E-state index contributed by atoms with van der Waals surface area (Å²) in [5.41, 5.74) is 6.97. The molecule has 0 aliphatic heterocycles. The minimum atomic E-state index is -0.965. The molecule has 11 heteroatoms. The average Bonchev–Trinajstić information content (AvgIpc) is 3.58. The van der Waals surface area contributed by atoms with Gasteiger partial charge in [-0.3, -0.25) is 24.2 Å². The summed E-state index contributed by atoms with van der Waals surface area (Å²) in [6.07, 6.45) is 3.45. The lowest BCUT2D eigenvalue weighted by atomic mass is 9.99. The summed E-state index contributed by atoms with van der Waals surface area (Å²) in [6.45, 7) is 7.78. The van der Waals surface area contributed by atoms with Crippen molar-refractivity contribution in [3.05, 3.63) is 111 Å². The Morgan fingerprint density at radius 2 is 1.68 bits per heavy atom. The lowest BCUT2D eigenvalue weighted by molar-refractivity contribution is -0.118. The van der Waals surface area contributed by atoms with E-state index in [1.54, 1.807) is 29.8 Å². The number of aromatic nitrogens is 5. The number of amides is 2. The molecule has 3 heterocycles. The van der Waals surface area contributed by atoms with Crippen molar-refractivity contribution in [2.75, 3.05) is 5.32 Å². The number of aromatic amines is 1. The number of hydrogen-bond donors (Lipinski definition) is 3. The van der Waals surface area contributed by atoms with E-state index in [2.05, 4.69) is 25.9 Å². The monoisotopic (exact) mass is 611 g/mol. The van der Waals surface area contributed by atoms with E-state index in [-0.39, 0.29) is 18.0 Å². The normalized spacial score (nSPS) is 11.9. The van der Waals surface area contributed by atoms with Crippen LogP contribution in [0.5, 0.6) is 0 Å². The molecule has 2 aromatic carbocycles. The molecule has 0 bridgehead atoms. The zero-order valence-electron chi connectivity index (χ0n) is 25.2. The first-order valence-electron chi connectivity index (χ1n) is 14.2. The number of nitrogens with one attached hydrogen (secondary N) is 3. The summed E-state index contributed by atoms with van der Waals surface area (Å²) >= 11 is 6.63. The predicted molar refractivity (Wildman–Crippen MR) is 172 cm³/mol. The standard InChI is InChI=1S/C33H34ClN7O3/c1-19(2)41-18-24(9-13-30(41)42)23-8-12-27(34)25(16-23)17-28(37-33(44)29-14-15-35-40(29)5)32(43)36-26-10-6-22(7-11-26)31-20(3)38-39-21(31)4/h6-16,18-19,28H,17H2,1-5H3,(H,36,43)(H,37,44)(H,38,39). The summed E-state index contributed by atoms with van der Waals surface area (Å²) in [6, 6.07) is 16.9. The van der Waals surface area contributed by atoms with Crippen LogP contribution in [-0.2, 0) is 18.3 Å². The van der Waals surface area contributed by atoms with E-state index < -0.39 is 17.9 Å². The van der Waals surface area contributed by atoms with Gasteiger partial charge < -0.3 is 15.2 Å². The van der Waals surface area contributed by atoms with E-state index >= 15 is 0 Å². The third kappa shape index (κ3) is 6.50. The minimum Gasteiger partial charge on any atom is -0.339 e. The van der Waals surface area contributed by atoms with Gasteiger partial charge in [0.2, 0.25) is 5.91 Å². The van der Waals surface area contributed by atoms with E-state index in [1.807, 2.05) is 70.3 Å². The SMILES string of the molecule is Cc1n[nH]c(C)c1-c1ccc(NC(=O)C(Cc2cc(-c3ccc(=O)n(C(C)C)c3)ccc2Cl)NC(=O)c2ccnn2C)cc1. The molecule has 3 aromatic heterocycles. The highest BCUT2D eigenvalue weighted by atomic mass is 35.5. The van der Waals surface area contributed by atoms with E-state index in [9.17, 15) is 14.4 Å². The first-order valence-corrected chi connectivity index (χ1v) is 14.6. The predicted octanol–water partition coefficient (Wildman–Crippen LogP) is 5.47. The Balaban J connectivity index is 1.43. The number of anilines is 1. The smallest absolute Gasteiger partial charge is 0.270 e. The Bertz CT molecular complexity index is 1870. The number of nitrogens with zero attached hydrogens (tertiary/aromatic N) is 4. The average molecular weight is 612 g/mol. The summed E-state index contributed by atoms with van der Waals surface area (Å²) in [5, 5.41) is 17.6. The Hall–Kier alpha value is -4.96. The van der Waals surface area contributed by atoms with Gasteiger partial charge in [0.15, 0.2) is 0 Å². The van der Waals surface area contributed by atoms with Crippen LogP contribution in [0.3, 0.4) is 0 Å². The van der Waals surface area contributed by atoms with Crippen LogP contribution in [0.1, 0.15) is 47.3 Å². The molecule has 44 heavy (non-hydrogen) atoms. The fraction of sp³-hybridized carbons (Fsp3) is 0.242. The summed E-state index contributed by atoms with van der Waals surface area (Å²) in [7, 11) is 1.66. The molecular formula is C33H34ClN7O3. The molecule has 5 rings (SSSR count). The summed E-state index contributed by atoms with van der Waals surface area (Å²) in [4.78, 5) is 39.2. The van der Waals surface area contributed by atoms with Crippen molar-refractivity contribution in [2.45, 2.75) is 46.2 Å². The topological polar surface area (TPSA) is 127 Å². The third-order valence-corrected chi connectivity index (χ3v) is 7.91. The third-order valence-electron chi connectivity index (χ3n) is 7.54. The number of rotatable bonds is 9. The molecule has 0 aliphatic carbocycles. The molecule has 0 saturated carbocycles. The van der Waals surface area contributed by atoms with E-state index in [0.717, 1.165) is 33.6 Å². The van der Waals surface area contributed by atoms with Crippen LogP contribution in [-0.4, -0.2) is 42.4 Å². The zero-order chi connectivity index (χ0) is 31.5. The Morgan fingerprint density at radius 1 is 0.977 bits per heavy atom. The molecule has 0 radical (unpaired) electrons. The number of carbonyl (C=O) groups is 2. The zero-order valence-corrected chi connectivity index (χ0v) is 25.9. The van der Waals surface area contributed by atoms with Gasteiger partial charge in [0.25, 0.3) is 11.5 Å². The largest absolute Gasteiger partial charge is 0.339 e. The van der Waals surface area contributed by atoms with Crippen LogP contribution in [0, 0.1) is 13.8 Å². The maximum absolute atomic E-state index is 13.7. The van der Waals surface area contributed by atoms with Crippen molar-refractivity contribution in [3.8, 4) is 22.3 Å². The fourth-order valence-corrected chi connectivity index (χ4v) is 5.37. The minimum absolute atomic E-state index is 0.00804. The first-order chi connectivity index (χ1) is 21.0. The molecule has 3 N–H and O–H groups in total. The Labute approximate surface area is 260 Å². The van der Waals surface area contributed by atoms with Gasteiger partial charge in [-0.1, -0.05) is 29.8 Å². The van der Waals surface area contributed by atoms with Crippen molar-refractivity contribution >= 4 is 29.1 Å². The molecule has 1 atom stereocenters. The van der Waals surface area contributed by atoms with Gasteiger partial charge >= 0.3 is 0 Å². The lowest BCUT2D eigenvalue weighted by Gasteiger charge is -2.20. The molecule has 10 nitrogen and oxygen atoms in total. The van der Waals surface area contributed by atoms with Crippen molar-refractivity contribution in [1.29, 1.82) is 0 Å². The number of pyridine rings is 1. The fourth-order valence-electron chi connectivity index (χ4n) is 5.17. The van der Waals surface area contributed by atoms with Gasteiger partial charge in [-0.25, -0.2) is 0 Å². The first kappa shape index (κ1) is 30.5. The molecular weight excluding hydrogens is 578 g/mol. The van der Waals surface area contributed by atoms with E-state index in [0.29, 0.717) is 22.0 Å². The number of hydrogen-bond acceptors (Lipinski definition) is 5. The van der Waals surface area contributed by atoms with Gasteiger partial charge in [-0.2, -0.15) is 10.2 Å². The highest BCUT2D eigenvalue weighted by Crippen LogP contribution is 2.28. The molecule has 5 aromatic rings. The molecule has 1 unspecified atom stereocenters. The van der Waals surface area contributed by atoms with Crippen LogP contribution >= 0.6 is 11.6 Å². The lowest BCUT2D eigenvalue weighted by Crippen LogP contribution is -2.45. The van der Waals surface area contributed by atoms with Gasteiger partial charge in [0.05, 0.1) is 5.69 Å². The number of aryl methyl sites for hydroxylation is 3. The quantitative estimate of drug-likeness (QED) is 0.204. The van der Waals surface area contributed by atoms with Crippen LogP contribution in [0.15, 0.2) is 77.9 Å². The number of benzene rings is 2. The van der Waals surface area contributed by atoms with Crippen molar-refractivity contribution < 1.29 is 9.59 Å². The van der Waals surface area contributed by atoms with Crippen LogP contribution in [0.25, 0.3) is 22.3 Å². The highest BCUT2D eigenvalue weighted by molar-refractivity contribution is 6.31. The van der Waals surface area contributed by atoms with Crippen LogP contribution in [0.2, 0.25) is 5.02 Å². The van der Waals surface area contributed by atoms with Crippen LogP contribution in [0.4, 0.5) is 5.69 Å². The second-order valence-corrected chi connectivity index (χ2v) is 11.4. The molecule has 0 aliphatic rings. The van der Waals surface area contributed by atoms with Crippen molar-refractivity contribution in [3.63, 3.8) is 0 Å². The maximum Gasteiger partial charge on any atom is 0.270 e. The van der Waals surface area contributed by atoms with E-state index in [4.69, 9.17) is 11.6 Å². The summed E-state index contributed by atoms with van der Waals surface area (Å²) < 4.78 is 3.11. The molecule has 0 saturated heterocycles. The number of halogens is 1.